The summed E-state index contributed by atoms with van der Waals surface area (Å²) in [6.07, 6.45) is 2.17. The van der Waals surface area contributed by atoms with E-state index < -0.39 is 11.1 Å². The van der Waals surface area contributed by atoms with Crippen molar-refractivity contribution in [3.05, 3.63) is 68.5 Å². The van der Waals surface area contributed by atoms with E-state index in [4.69, 9.17) is 0 Å². The fraction of sp³-hybridized carbons (Fsp3) is 0.455. The molecule has 1 aromatic carbocycles. The Hall–Kier alpha value is -3.16. The summed E-state index contributed by atoms with van der Waals surface area (Å²) >= 11 is 0. The summed E-state index contributed by atoms with van der Waals surface area (Å²) in [7, 11) is 0. The lowest BCUT2D eigenvalue weighted by molar-refractivity contribution is -0.593. The summed E-state index contributed by atoms with van der Waals surface area (Å²) < 4.78 is 0.610. The van der Waals surface area contributed by atoms with Crippen molar-refractivity contribution in [2.24, 2.45) is 0 Å². The number of nitro groups is 1. The maximum absolute atomic E-state index is 13.4. The third-order valence-electron chi connectivity index (χ3n) is 5.54. The van der Waals surface area contributed by atoms with Crippen molar-refractivity contribution in [2.45, 2.75) is 58.5 Å². The summed E-state index contributed by atoms with van der Waals surface area (Å²) in [5.41, 5.74) is 2.50. The van der Waals surface area contributed by atoms with Gasteiger partial charge in [0.05, 0.1) is 17.5 Å². The molecule has 30 heavy (non-hydrogen) atoms. The second kappa shape index (κ2) is 8.69. The first-order chi connectivity index (χ1) is 14.2. The van der Waals surface area contributed by atoms with E-state index in [2.05, 4.69) is 33.0 Å². The van der Waals surface area contributed by atoms with Crippen molar-refractivity contribution in [2.75, 3.05) is 11.4 Å². The molecule has 0 saturated carbocycles. The van der Waals surface area contributed by atoms with E-state index >= 15 is 0 Å². The standard InChI is InChI=1S/C22H28N4O4/c1-14(2)17-7-5-8-18(15(3)4)21(17)22(27)23-19-9-6-11-24(19)20-13-16(26(29)30)10-12-25(20)28/h5,7-8,10,12-15,19H,6,9,11H2,1-4H3,(H,23,27). The number of benzene rings is 1. The molecule has 1 amide bonds. The predicted molar refractivity (Wildman–Crippen MR) is 115 cm³/mol. The number of pyridine rings is 1. The number of nitrogens with one attached hydrogen (secondary N) is 1. The SMILES string of the molecule is CC(C)c1cccc(C(C)C)c1C(=O)NC1CCCN1c1cc([N+](=O)[O-])cc[n+]1[O-]. The first-order valence-electron chi connectivity index (χ1n) is 10.3. The Morgan fingerprint density at radius 1 is 1.20 bits per heavy atom. The molecule has 1 fully saturated rings. The van der Waals surface area contributed by atoms with Gasteiger partial charge in [-0.05, 0) is 29.4 Å². The Morgan fingerprint density at radius 2 is 1.83 bits per heavy atom. The van der Waals surface area contributed by atoms with E-state index in [0.29, 0.717) is 23.3 Å². The number of carbonyl (C=O) groups is 1. The van der Waals surface area contributed by atoms with Crippen molar-refractivity contribution in [3.63, 3.8) is 0 Å². The van der Waals surface area contributed by atoms with E-state index in [1.807, 2.05) is 18.2 Å². The summed E-state index contributed by atoms with van der Waals surface area (Å²) in [4.78, 5) is 25.7. The third kappa shape index (κ3) is 4.22. The van der Waals surface area contributed by atoms with Gasteiger partial charge >= 0.3 is 0 Å². The van der Waals surface area contributed by atoms with Gasteiger partial charge in [0.15, 0.2) is 6.17 Å². The summed E-state index contributed by atoms with van der Waals surface area (Å²) in [5, 5.41) is 26.5. The molecule has 2 heterocycles. The largest absolute Gasteiger partial charge is 0.711 e. The molecular weight excluding hydrogens is 384 g/mol. The minimum atomic E-state index is -0.527. The average molecular weight is 412 g/mol. The van der Waals surface area contributed by atoms with Gasteiger partial charge in [0, 0.05) is 12.0 Å². The second-order valence-electron chi connectivity index (χ2n) is 8.27. The Labute approximate surface area is 176 Å². The van der Waals surface area contributed by atoms with Gasteiger partial charge in [-0.15, -0.1) is 0 Å². The number of aromatic nitrogens is 1. The monoisotopic (exact) mass is 412 g/mol. The first-order valence-corrected chi connectivity index (χ1v) is 10.3. The molecule has 3 rings (SSSR count). The quantitative estimate of drug-likeness (QED) is 0.336. The maximum Gasteiger partial charge on any atom is 0.288 e. The first kappa shape index (κ1) is 21.5. The Morgan fingerprint density at radius 3 is 2.40 bits per heavy atom. The van der Waals surface area contributed by atoms with Crippen molar-refractivity contribution in [3.8, 4) is 0 Å². The van der Waals surface area contributed by atoms with Gasteiger partial charge in [-0.1, -0.05) is 45.9 Å². The van der Waals surface area contributed by atoms with Crippen LogP contribution < -0.4 is 14.9 Å². The molecule has 0 bridgehead atoms. The highest BCUT2D eigenvalue weighted by atomic mass is 16.6. The van der Waals surface area contributed by atoms with Gasteiger partial charge in [0.2, 0.25) is 0 Å². The highest BCUT2D eigenvalue weighted by Gasteiger charge is 2.36. The number of nitrogens with zero attached hydrogens (tertiary/aromatic N) is 3. The molecule has 0 spiro atoms. The van der Waals surface area contributed by atoms with Gasteiger partial charge in [-0.3, -0.25) is 14.9 Å². The van der Waals surface area contributed by atoms with Crippen LogP contribution in [0.1, 0.15) is 73.9 Å². The van der Waals surface area contributed by atoms with Crippen LogP contribution in [0.25, 0.3) is 0 Å². The van der Waals surface area contributed by atoms with Crippen LogP contribution in [0.15, 0.2) is 36.5 Å². The van der Waals surface area contributed by atoms with Crippen LogP contribution in [0, 0.1) is 15.3 Å². The molecule has 1 N–H and O–H groups in total. The van der Waals surface area contributed by atoms with Gasteiger partial charge in [0.1, 0.15) is 12.3 Å². The summed E-state index contributed by atoms with van der Waals surface area (Å²) in [5.74, 6) is 0.366. The minimum Gasteiger partial charge on any atom is -0.711 e. The molecule has 1 atom stereocenters. The fourth-order valence-corrected chi connectivity index (χ4v) is 4.02. The second-order valence-corrected chi connectivity index (χ2v) is 8.27. The summed E-state index contributed by atoms with van der Waals surface area (Å²) in [6.45, 7) is 8.77. The number of amides is 1. The molecule has 2 aromatic rings. The molecule has 1 saturated heterocycles. The molecular formula is C22H28N4O4. The zero-order valence-corrected chi connectivity index (χ0v) is 17.8. The van der Waals surface area contributed by atoms with Gasteiger partial charge in [-0.2, -0.15) is 0 Å². The molecule has 8 heteroatoms. The zero-order valence-electron chi connectivity index (χ0n) is 17.8. The van der Waals surface area contributed by atoms with Crippen LogP contribution in [0.4, 0.5) is 11.5 Å². The van der Waals surface area contributed by atoms with Crippen LogP contribution in [-0.2, 0) is 0 Å². The van der Waals surface area contributed by atoms with E-state index in [0.717, 1.165) is 23.7 Å². The third-order valence-corrected chi connectivity index (χ3v) is 5.54. The highest BCUT2D eigenvalue weighted by Crippen LogP contribution is 2.29. The number of rotatable bonds is 6. The van der Waals surface area contributed by atoms with Gasteiger partial charge in [-0.25, -0.2) is 9.63 Å². The molecule has 0 radical (unpaired) electrons. The Kier molecular flexibility index (Phi) is 6.24. The van der Waals surface area contributed by atoms with E-state index in [1.54, 1.807) is 4.90 Å². The highest BCUT2D eigenvalue weighted by molar-refractivity contribution is 5.98. The maximum atomic E-state index is 13.4. The minimum absolute atomic E-state index is 0.152. The van der Waals surface area contributed by atoms with Crippen LogP contribution in [0.2, 0.25) is 0 Å². The molecule has 8 nitrogen and oxygen atoms in total. The fourth-order valence-electron chi connectivity index (χ4n) is 4.02. The molecule has 1 aromatic heterocycles. The Balaban J connectivity index is 1.93. The normalized spacial score (nSPS) is 16.3. The number of carbonyl (C=O) groups excluding carboxylic acids is 1. The van der Waals surface area contributed by atoms with Crippen molar-refractivity contribution < 1.29 is 14.4 Å². The van der Waals surface area contributed by atoms with E-state index in [1.165, 1.54) is 12.1 Å². The molecule has 0 aliphatic carbocycles. The zero-order chi connectivity index (χ0) is 22.0. The lowest BCUT2D eigenvalue weighted by atomic mass is 9.88. The van der Waals surface area contributed by atoms with Crippen LogP contribution >= 0.6 is 0 Å². The number of anilines is 1. The lowest BCUT2D eigenvalue weighted by Crippen LogP contribution is -2.49. The van der Waals surface area contributed by atoms with Crippen LogP contribution in [-0.4, -0.2) is 23.5 Å². The smallest absolute Gasteiger partial charge is 0.288 e. The van der Waals surface area contributed by atoms with Crippen LogP contribution in [0.3, 0.4) is 0 Å². The number of hydrogen-bond donors (Lipinski definition) is 1. The average Bonchev–Trinajstić information content (AvgIpc) is 3.15. The molecule has 1 aliphatic heterocycles. The Bertz CT molecular complexity index is 932. The number of hydrogen-bond acceptors (Lipinski definition) is 5. The van der Waals surface area contributed by atoms with E-state index in [9.17, 15) is 20.1 Å². The summed E-state index contributed by atoms with van der Waals surface area (Å²) in [6, 6.07) is 8.37. The van der Waals surface area contributed by atoms with Gasteiger partial charge < -0.3 is 10.5 Å². The molecule has 1 aliphatic rings. The molecule has 160 valence electrons. The van der Waals surface area contributed by atoms with Crippen molar-refractivity contribution >= 4 is 17.4 Å². The topological polar surface area (TPSA) is 102 Å². The van der Waals surface area contributed by atoms with Crippen molar-refractivity contribution in [1.82, 2.24) is 5.32 Å². The van der Waals surface area contributed by atoms with Crippen molar-refractivity contribution in [1.29, 1.82) is 0 Å². The lowest BCUT2D eigenvalue weighted by Gasteiger charge is -2.25. The van der Waals surface area contributed by atoms with Crippen LogP contribution in [0.5, 0.6) is 0 Å². The van der Waals surface area contributed by atoms with Gasteiger partial charge in [0.25, 0.3) is 17.4 Å². The van der Waals surface area contributed by atoms with E-state index in [-0.39, 0.29) is 29.2 Å². The predicted octanol–water partition coefficient (Wildman–Crippen LogP) is 3.83. The molecule has 1 unspecified atom stereocenters.